The summed E-state index contributed by atoms with van der Waals surface area (Å²) in [6, 6.07) is 1.27. The van der Waals surface area contributed by atoms with Crippen molar-refractivity contribution in [3.8, 4) is 0 Å². The standard InChI is InChI=1S/C23H42N2O6Si2/c1-16(26)23(15-29-32(8,9)21(2,3)4)17(31-33(10,11)22(5,6)7)14-19(30-23)25-13-12-18(27)24-20(25)28/h12-13,17,19H,14-15H2,1-11H3,(H,24,27,28)/t17-,19+,23-/m0/s1. The second kappa shape index (κ2) is 9.03. The Morgan fingerprint density at radius 1 is 1.12 bits per heavy atom. The molecule has 2 heterocycles. The summed E-state index contributed by atoms with van der Waals surface area (Å²) in [5.41, 5.74) is -2.41. The van der Waals surface area contributed by atoms with Crippen molar-refractivity contribution in [2.75, 3.05) is 6.61 Å². The highest BCUT2D eigenvalue weighted by molar-refractivity contribution is 6.74. The average molecular weight is 499 g/mol. The Kier molecular flexibility index (Phi) is 7.64. The van der Waals surface area contributed by atoms with E-state index in [4.69, 9.17) is 13.6 Å². The number of Topliss-reactive ketones (excluding diaryl/α,β-unsaturated/α-hetero) is 1. The van der Waals surface area contributed by atoms with E-state index in [0.717, 1.165) is 0 Å². The monoisotopic (exact) mass is 498 g/mol. The van der Waals surface area contributed by atoms with E-state index in [9.17, 15) is 14.4 Å². The summed E-state index contributed by atoms with van der Waals surface area (Å²) in [6.07, 6.45) is 0.375. The highest BCUT2D eigenvalue weighted by Crippen LogP contribution is 2.46. The number of nitrogens with zero attached hydrogens (tertiary/aromatic N) is 1. The molecule has 0 spiro atoms. The van der Waals surface area contributed by atoms with Gasteiger partial charge in [0.05, 0.1) is 12.7 Å². The van der Waals surface area contributed by atoms with Crippen LogP contribution in [0, 0.1) is 0 Å². The van der Waals surface area contributed by atoms with Gasteiger partial charge >= 0.3 is 5.69 Å². The molecule has 0 unspecified atom stereocenters. The zero-order chi connectivity index (χ0) is 25.6. The van der Waals surface area contributed by atoms with E-state index in [1.807, 2.05) is 0 Å². The van der Waals surface area contributed by atoms with Gasteiger partial charge < -0.3 is 13.6 Å². The number of aromatic amines is 1. The number of carbonyl (C=O) groups is 1. The van der Waals surface area contributed by atoms with Gasteiger partial charge in [0, 0.05) is 18.7 Å². The van der Waals surface area contributed by atoms with Crippen LogP contribution < -0.4 is 11.2 Å². The molecule has 1 aromatic rings. The maximum absolute atomic E-state index is 13.2. The van der Waals surface area contributed by atoms with Gasteiger partial charge in [0.2, 0.25) is 0 Å². The van der Waals surface area contributed by atoms with Gasteiger partial charge in [0.25, 0.3) is 5.56 Å². The lowest BCUT2D eigenvalue weighted by atomic mass is 9.93. The molecule has 0 aliphatic carbocycles. The number of hydrogen-bond acceptors (Lipinski definition) is 6. The van der Waals surface area contributed by atoms with Crippen LogP contribution in [0.3, 0.4) is 0 Å². The van der Waals surface area contributed by atoms with Crippen LogP contribution in [0.25, 0.3) is 0 Å². The fourth-order valence-corrected chi connectivity index (χ4v) is 5.64. The molecule has 3 atom stereocenters. The first-order chi connectivity index (χ1) is 14.7. The molecule has 1 aliphatic rings. The minimum atomic E-state index is -2.29. The van der Waals surface area contributed by atoms with Crippen molar-refractivity contribution in [2.24, 2.45) is 0 Å². The minimum absolute atomic E-state index is 0.0470. The number of H-pyrrole nitrogens is 1. The molecule has 0 amide bonds. The van der Waals surface area contributed by atoms with Gasteiger partial charge in [0.15, 0.2) is 28.0 Å². The van der Waals surface area contributed by atoms with E-state index in [1.165, 1.54) is 23.8 Å². The lowest BCUT2D eigenvalue weighted by Gasteiger charge is -2.44. The molecule has 8 nitrogen and oxygen atoms in total. The predicted molar refractivity (Wildman–Crippen MR) is 135 cm³/mol. The highest BCUT2D eigenvalue weighted by atomic mass is 28.4. The Balaban J connectivity index is 2.53. The summed E-state index contributed by atoms with van der Waals surface area (Å²) in [4.78, 5) is 39.5. The van der Waals surface area contributed by atoms with Crippen molar-refractivity contribution in [1.82, 2.24) is 9.55 Å². The van der Waals surface area contributed by atoms with Crippen LogP contribution in [0.1, 0.15) is 61.1 Å². The van der Waals surface area contributed by atoms with Crippen LogP contribution in [0.15, 0.2) is 21.9 Å². The van der Waals surface area contributed by atoms with Gasteiger partial charge in [-0.3, -0.25) is 19.1 Å². The van der Waals surface area contributed by atoms with Gasteiger partial charge in [-0.2, -0.15) is 0 Å². The summed E-state index contributed by atoms with van der Waals surface area (Å²) in [7, 11) is -4.49. The van der Waals surface area contributed by atoms with Crippen molar-refractivity contribution >= 4 is 22.4 Å². The van der Waals surface area contributed by atoms with E-state index in [2.05, 4.69) is 72.7 Å². The first-order valence-corrected chi connectivity index (χ1v) is 17.4. The first-order valence-electron chi connectivity index (χ1n) is 11.6. The number of ether oxygens (including phenoxy) is 1. The molecule has 0 aromatic carbocycles. The second-order valence-corrected chi connectivity index (χ2v) is 21.8. The summed E-state index contributed by atoms with van der Waals surface area (Å²) in [5.74, 6) is -0.190. The lowest BCUT2D eigenvalue weighted by Crippen LogP contribution is -2.58. The van der Waals surface area contributed by atoms with Gasteiger partial charge in [-0.05, 0) is 43.2 Å². The van der Waals surface area contributed by atoms with Gasteiger partial charge in [-0.1, -0.05) is 41.5 Å². The molecule has 1 aromatic heterocycles. The molecule has 1 aliphatic heterocycles. The molecule has 0 radical (unpaired) electrons. The molecule has 0 bridgehead atoms. The van der Waals surface area contributed by atoms with Crippen LogP contribution in [-0.2, 0) is 18.4 Å². The van der Waals surface area contributed by atoms with Crippen LogP contribution in [0.5, 0.6) is 0 Å². The number of ketones is 1. The fourth-order valence-electron chi connectivity index (χ4n) is 3.28. The Hall–Kier alpha value is -1.34. The third kappa shape index (κ3) is 5.67. The molecular formula is C23H42N2O6Si2. The zero-order valence-corrected chi connectivity index (χ0v) is 24.1. The highest BCUT2D eigenvalue weighted by Gasteiger charge is 2.57. The number of carbonyl (C=O) groups excluding carboxylic acids is 1. The fraction of sp³-hybridized carbons (Fsp3) is 0.783. The maximum atomic E-state index is 13.2. The Bertz CT molecular complexity index is 986. The quantitative estimate of drug-likeness (QED) is 0.566. The SMILES string of the molecule is CC(=O)[C@]1(CO[Si](C)(C)C(C)(C)C)O[C@@H](n2ccc(=O)[nH]c2=O)C[C@@H]1O[Si](C)(C)C(C)(C)C. The Labute approximate surface area is 199 Å². The molecule has 1 fully saturated rings. The van der Waals surface area contributed by atoms with Crippen molar-refractivity contribution in [2.45, 2.75) is 109 Å². The van der Waals surface area contributed by atoms with Gasteiger partial charge in [-0.25, -0.2) is 4.79 Å². The number of rotatable bonds is 7. The zero-order valence-electron chi connectivity index (χ0n) is 22.1. The summed E-state index contributed by atoms with van der Waals surface area (Å²) in [6.45, 7) is 22.9. The first kappa shape index (κ1) is 27.9. The molecule has 10 heteroatoms. The maximum Gasteiger partial charge on any atom is 0.330 e. The summed E-state index contributed by atoms with van der Waals surface area (Å²) in [5, 5.41) is -0.128. The van der Waals surface area contributed by atoms with E-state index in [-0.39, 0.29) is 22.5 Å². The van der Waals surface area contributed by atoms with Gasteiger partial charge in [-0.15, -0.1) is 0 Å². The van der Waals surface area contributed by atoms with E-state index >= 15 is 0 Å². The lowest BCUT2D eigenvalue weighted by molar-refractivity contribution is -0.160. The topological polar surface area (TPSA) is 99.6 Å². The number of aromatic nitrogens is 2. The molecule has 33 heavy (non-hydrogen) atoms. The van der Waals surface area contributed by atoms with Crippen LogP contribution in [0.4, 0.5) is 0 Å². The van der Waals surface area contributed by atoms with Crippen molar-refractivity contribution in [3.05, 3.63) is 33.1 Å². The van der Waals surface area contributed by atoms with Gasteiger partial charge in [0.1, 0.15) is 6.23 Å². The molecule has 1 N–H and O–H groups in total. The minimum Gasteiger partial charge on any atom is -0.413 e. The molecule has 188 valence electrons. The van der Waals surface area contributed by atoms with Crippen LogP contribution in [-0.4, -0.2) is 50.3 Å². The van der Waals surface area contributed by atoms with Crippen LogP contribution in [0.2, 0.25) is 36.3 Å². The van der Waals surface area contributed by atoms with Crippen LogP contribution >= 0.6 is 0 Å². The normalized spacial score (nSPS) is 24.8. The third-order valence-corrected chi connectivity index (χ3v) is 16.7. The smallest absolute Gasteiger partial charge is 0.330 e. The third-order valence-electron chi connectivity index (χ3n) is 7.74. The predicted octanol–water partition coefficient (Wildman–Crippen LogP) is 4.20. The summed E-state index contributed by atoms with van der Waals surface area (Å²) >= 11 is 0. The Morgan fingerprint density at radius 2 is 1.67 bits per heavy atom. The van der Waals surface area contributed by atoms with E-state index < -0.39 is 45.8 Å². The molecular weight excluding hydrogens is 456 g/mol. The van der Waals surface area contributed by atoms with Crippen molar-refractivity contribution < 1.29 is 18.4 Å². The average Bonchev–Trinajstić information content (AvgIpc) is 2.97. The number of nitrogens with one attached hydrogen (secondary N) is 1. The molecule has 2 rings (SSSR count). The molecule has 0 saturated carbocycles. The second-order valence-electron chi connectivity index (χ2n) is 12.2. The summed E-state index contributed by atoms with van der Waals surface area (Å²) < 4.78 is 20.9. The number of hydrogen-bond donors (Lipinski definition) is 1. The Morgan fingerprint density at radius 3 is 2.12 bits per heavy atom. The van der Waals surface area contributed by atoms with E-state index in [0.29, 0.717) is 6.42 Å². The largest absolute Gasteiger partial charge is 0.413 e. The van der Waals surface area contributed by atoms with Crippen molar-refractivity contribution in [3.63, 3.8) is 0 Å². The van der Waals surface area contributed by atoms with Crippen molar-refractivity contribution in [1.29, 1.82) is 0 Å². The molecule has 1 saturated heterocycles. The van der Waals surface area contributed by atoms with E-state index in [1.54, 1.807) is 0 Å².